The third-order valence-corrected chi connectivity index (χ3v) is 4.83. The molecule has 0 radical (unpaired) electrons. The fourth-order valence-electron chi connectivity index (χ4n) is 2.40. The van der Waals surface area contributed by atoms with E-state index in [4.69, 9.17) is 4.74 Å². The molecular weight excluding hydrogens is 351 g/mol. The van der Waals surface area contributed by atoms with Gasteiger partial charge >= 0.3 is 16.2 Å². The molecule has 0 bridgehead atoms. The second-order valence-corrected chi connectivity index (χ2v) is 6.98. The van der Waals surface area contributed by atoms with Crippen molar-refractivity contribution >= 4 is 27.8 Å². The van der Waals surface area contributed by atoms with Crippen LogP contribution in [0.25, 0.3) is 0 Å². The molecule has 1 saturated heterocycles. The zero-order valence-electron chi connectivity index (χ0n) is 13.0. The van der Waals surface area contributed by atoms with Crippen LogP contribution in [0.5, 0.6) is 5.75 Å². The average molecular weight is 364 g/mol. The monoisotopic (exact) mass is 364 g/mol. The fourth-order valence-corrected chi connectivity index (χ4v) is 3.57. The smallest absolute Gasteiger partial charge is 0.343 e. The highest BCUT2D eigenvalue weighted by Crippen LogP contribution is 2.35. The van der Waals surface area contributed by atoms with Gasteiger partial charge in [-0.05, 0) is 36.8 Å². The Hall–Kier alpha value is -2.94. The molecule has 2 aromatic rings. The van der Waals surface area contributed by atoms with Gasteiger partial charge in [-0.1, -0.05) is 18.2 Å². The number of aryl methyl sites for hydroxylation is 1. The van der Waals surface area contributed by atoms with Crippen LogP contribution >= 0.6 is 0 Å². The largest absolute Gasteiger partial charge is 0.421 e. The normalized spacial score (nSPS) is 15.8. The first-order valence-corrected chi connectivity index (χ1v) is 8.62. The predicted molar refractivity (Wildman–Crippen MR) is 86.9 cm³/mol. The highest BCUT2D eigenvalue weighted by molar-refractivity contribution is 7.92. The molecule has 0 aliphatic carbocycles. The number of nitrogens with zero attached hydrogens (tertiary/aromatic N) is 1. The number of hydrogen-bond donors (Lipinski definition) is 1. The molecule has 130 valence electrons. The van der Waals surface area contributed by atoms with Crippen LogP contribution in [0, 0.1) is 12.7 Å². The number of hydrogen-bond acceptors (Lipinski definition) is 5. The summed E-state index contributed by atoms with van der Waals surface area (Å²) < 4.78 is 46.0. The molecule has 9 heteroatoms. The topological polar surface area (TPSA) is 92.8 Å². The van der Waals surface area contributed by atoms with E-state index >= 15 is 0 Å². The number of carbonyl (C=O) groups excluding carboxylic acids is 2. The minimum absolute atomic E-state index is 0.217. The second kappa shape index (κ2) is 6.17. The zero-order valence-corrected chi connectivity index (χ0v) is 13.8. The lowest BCUT2D eigenvalue weighted by molar-refractivity contribution is -0.117. The standard InChI is InChI=1S/C16H13FN2O5S/c1-10-7-12(17)15(19-9-14(20)18-25(19,22)23)13(8-10)24-16(21)11-5-3-2-4-6-11/h2-8H,9H2,1H3,(H,18,20). The zero-order chi connectivity index (χ0) is 18.2. The SMILES string of the molecule is Cc1cc(F)c(N2CC(=O)NS2(=O)=O)c(OC(=O)c2ccccc2)c1. The van der Waals surface area contributed by atoms with E-state index in [1.807, 2.05) is 0 Å². The summed E-state index contributed by atoms with van der Waals surface area (Å²) in [5.41, 5.74) is 0.148. The lowest BCUT2D eigenvalue weighted by Gasteiger charge is -2.19. The molecule has 0 spiro atoms. The molecule has 1 heterocycles. The number of rotatable bonds is 3. The summed E-state index contributed by atoms with van der Waals surface area (Å²) in [7, 11) is -4.25. The molecule has 7 nitrogen and oxygen atoms in total. The van der Waals surface area contributed by atoms with Crippen LogP contribution in [0.2, 0.25) is 0 Å². The van der Waals surface area contributed by atoms with Crippen LogP contribution < -0.4 is 13.8 Å². The van der Waals surface area contributed by atoms with E-state index in [1.165, 1.54) is 18.2 Å². The van der Waals surface area contributed by atoms with E-state index in [9.17, 15) is 22.4 Å². The van der Waals surface area contributed by atoms with Crippen molar-refractivity contribution in [3.63, 3.8) is 0 Å². The van der Waals surface area contributed by atoms with Gasteiger partial charge in [0.05, 0.1) is 5.56 Å². The van der Waals surface area contributed by atoms with E-state index in [1.54, 1.807) is 29.8 Å². The first kappa shape index (κ1) is 16.9. The molecule has 25 heavy (non-hydrogen) atoms. The molecule has 0 unspecified atom stereocenters. The van der Waals surface area contributed by atoms with Crippen LogP contribution in [0.15, 0.2) is 42.5 Å². The minimum Gasteiger partial charge on any atom is -0.421 e. The highest BCUT2D eigenvalue weighted by Gasteiger charge is 2.38. The van der Waals surface area contributed by atoms with E-state index in [0.29, 0.717) is 9.87 Å². The number of amides is 1. The number of anilines is 1. The third kappa shape index (κ3) is 3.31. The predicted octanol–water partition coefficient (Wildman–Crippen LogP) is 1.53. The van der Waals surface area contributed by atoms with Gasteiger partial charge in [0.1, 0.15) is 12.2 Å². The van der Waals surface area contributed by atoms with Gasteiger partial charge in [-0.2, -0.15) is 8.42 Å². The Balaban J connectivity index is 2.05. The van der Waals surface area contributed by atoms with Crippen molar-refractivity contribution in [3.05, 3.63) is 59.4 Å². The molecule has 1 N–H and O–H groups in total. The van der Waals surface area contributed by atoms with Gasteiger partial charge in [-0.3, -0.25) is 4.79 Å². The van der Waals surface area contributed by atoms with Crippen molar-refractivity contribution in [2.45, 2.75) is 6.92 Å². The number of esters is 1. The summed E-state index contributed by atoms with van der Waals surface area (Å²) in [6.45, 7) is 0.965. The Morgan fingerprint density at radius 3 is 2.52 bits per heavy atom. The molecule has 1 amide bonds. The summed E-state index contributed by atoms with van der Waals surface area (Å²) in [5, 5.41) is 0. The van der Waals surface area contributed by atoms with E-state index in [2.05, 4.69) is 0 Å². The highest BCUT2D eigenvalue weighted by atomic mass is 32.2. The van der Waals surface area contributed by atoms with Gasteiger partial charge in [-0.15, -0.1) is 0 Å². The van der Waals surface area contributed by atoms with Crippen molar-refractivity contribution in [2.75, 3.05) is 10.8 Å². The average Bonchev–Trinajstić information content (AvgIpc) is 2.80. The van der Waals surface area contributed by atoms with Crippen LogP contribution in [0.1, 0.15) is 15.9 Å². The summed E-state index contributed by atoms with van der Waals surface area (Å²) in [6, 6.07) is 10.4. The maximum absolute atomic E-state index is 14.4. The van der Waals surface area contributed by atoms with Crippen LogP contribution in [0.4, 0.5) is 10.1 Å². The lowest BCUT2D eigenvalue weighted by Crippen LogP contribution is -2.31. The lowest BCUT2D eigenvalue weighted by atomic mass is 10.2. The molecule has 1 aliphatic rings. The Labute approximate surface area is 143 Å². The molecule has 3 rings (SSSR count). The first-order valence-electron chi connectivity index (χ1n) is 7.18. The van der Waals surface area contributed by atoms with Crippen molar-refractivity contribution in [1.82, 2.24) is 4.72 Å². The number of carbonyl (C=O) groups is 2. The minimum atomic E-state index is -4.25. The molecular formula is C16H13FN2O5S. The van der Waals surface area contributed by atoms with E-state index in [-0.39, 0.29) is 11.3 Å². The molecule has 1 aliphatic heterocycles. The first-order chi connectivity index (χ1) is 11.8. The van der Waals surface area contributed by atoms with Crippen molar-refractivity contribution < 1.29 is 27.1 Å². The maximum Gasteiger partial charge on any atom is 0.343 e. The molecule has 0 atom stereocenters. The Bertz CT molecular complexity index is 960. The summed E-state index contributed by atoms with van der Waals surface area (Å²) in [5.74, 6) is -2.79. The Morgan fingerprint density at radius 1 is 1.24 bits per heavy atom. The van der Waals surface area contributed by atoms with Crippen LogP contribution in [-0.4, -0.2) is 26.8 Å². The number of benzene rings is 2. The molecule has 0 saturated carbocycles. The number of nitrogens with one attached hydrogen (secondary N) is 1. The van der Waals surface area contributed by atoms with Crippen molar-refractivity contribution in [1.29, 1.82) is 0 Å². The summed E-state index contributed by atoms with van der Waals surface area (Å²) in [4.78, 5) is 23.6. The van der Waals surface area contributed by atoms with Gasteiger partial charge in [0.25, 0.3) is 5.91 Å². The third-order valence-electron chi connectivity index (χ3n) is 3.45. The second-order valence-electron chi connectivity index (χ2n) is 5.39. The van der Waals surface area contributed by atoms with Gasteiger partial charge in [0.2, 0.25) is 0 Å². The van der Waals surface area contributed by atoms with Gasteiger partial charge in [0, 0.05) is 0 Å². The Morgan fingerprint density at radius 2 is 1.92 bits per heavy atom. The van der Waals surface area contributed by atoms with E-state index < -0.39 is 40.1 Å². The van der Waals surface area contributed by atoms with Crippen LogP contribution in [0.3, 0.4) is 0 Å². The van der Waals surface area contributed by atoms with Crippen molar-refractivity contribution in [2.24, 2.45) is 0 Å². The maximum atomic E-state index is 14.4. The number of halogens is 1. The van der Waals surface area contributed by atoms with Gasteiger partial charge in [-0.25, -0.2) is 18.2 Å². The Kier molecular flexibility index (Phi) is 4.17. The molecule has 0 aromatic heterocycles. The van der Waals surface area contributed by atoms with Crippen molar-refractivity contribution in [3.8, 4) is 5.75 Å². The molecule has 2 aromatic carbocycles. The van der Waals surface area contributed by atoms with E-state index in [0.717, 1.165) is 6.07 Å². The number of ether oxygens (including phenoxy) is 1. The summed E-state index contributed by atoms with van der Waals surface area (Å²) >= 11 is 0. The van der Waals surface area contributed by atoms with Crippen LogP contribution in [-0.2, 0) is 15.0 Å². The fraction of sp³-hybridized carbons (Fsp3) is 0.125. The van der Waals surface area contributed by atoms with Gasteiger partial charge < -0.3 is 4.74 Å². The van der Waals surface area contributed by atoms with Gasteiger partial charge in [0.15, 0.2) is 11.6 Å². The quantitative estimate of drug-likeness (QED) is 0.659. The molecule has 1 fully saturated rings. The summed E-state index contributed by atoms with van der Waals surface area (Å²) in [6.07, 6.45) is 0.